The number of carbonyl (C=O) groups is 16. The predicted octanol–water partition coefficient (Wildman–Crippen LogP) is 2.29. The zero-order chi connectivity index (χ0) is 94.3. The van der Waals surface area contributed by atoms with Gasteiger partial charge >= 0.3 is 5.97 Å². The number of aromatic nitrogens is 1. The van der Waals surface area contributed by atoms with E-state index in [-0.39, 0.29) is 74.5 Å². The van der Waals surface area contributed by atoms with Gasteiger partial charge in [-0.2, -0.15) is 0 Å². The third-order valence-corrected chi connectivity index (χ3v) is 22.9. The number of para-hydroxylation sites is 1. The first-order chi connectivity index (χ1) is 61.3. The van der Waals surface area contributed by atoms with Crippen molar-refractivity contribution < 1.29 is 92.0 Å². The van der Waals surface area contributed by atoms with Crippen molar-refractivity contribution in [2.24, 2.45) is 17.6 Å². The average molecular weight is 1800 g/mol. The SMILES string of the molecule is CCCC[C@H]1C(=O)N(C)CC(=O)N[C@@H](CC(=O)O)C(=O)N[C@@H](C(C)C)C(=O)N[C@@H](Cc2cccc(C)c2)C(=O)N[C@@H](Cc2ccc(O)cc2)C(=O)N(C)CC(=O)N[C@@H](Cc2c[nH]c3ccccc23)C(=O)NC(Cc2ccc(O)cc2)C(=O)N[C@@H](CC(C)C)C(=O)N[C@H](C(=O)NCC(N)=O)CSCC(=O)N[C@@H](Cc2ccccc2)C(=O)N(C)[C@@H](Cc2ccccc2)C(=O)N1C. The second-order valence-electron chi connectivity index (χ2n) is 33.2. The van der Waals surface area contributed by atoms with Gasteiger partial charge in [-0.05, 0) is 95.3 Å². The van der Waals surface area contributed by atoms with Crippen LogP contribution in [0.1, 0.15) is 106 Å². The number of phenols is 2. The summed E-state index contributed by atoms with van der Waals surface area (Å²) in [5, 5.41) is 58.2. The van der Waals surface area contributed by atoms with Crippen molar-refractivity contribution in [1.29, 1.82) is 0 Å². The summed E-state index contributed by atoms with van der Waals surface area (Å²) >= 11 is 0.829. The molecule has 7 aromatic rings. The molecule has 36 heteroatoms. The lowest BCUT2D eigenvalue weighted by molar-refractivity contribution is -0.151. The van der Waals surface area contributed by atoms with Crippen LogP contribution in [0.5, 0.6) is 11.5 Å². The number of carboxylic acid groups (broad SMARTS) is 1. The molecule has 1 unspecified atom stereocenters. The Labute approximate surface area is 753 Å². The van der Waals surface area contributed by atoms with Crippen molar-refractivity contribution in [2.75, 3.05) is 59.3 Å². The average Bonchev–Trinajstić information content (AvgIpc) is 1.77. The van der Waals surface area contributed by atoms with Gasteiger partial charge in [0.25, 0.3) is 0 Å². The minimum absolute atomic E-state index is 0.0291. The number of aryl methyl sites for hydroxylation is 1. The molecule has 1 fully saturated rings. The Balaban J connectivity index is 1.21. The van der Waals surface area contributed by atoms with E-state index < -0.39 is 199 Å². The van der Waals surface area contributed by atoms with E-state index in [2.05, 4.69) is 58.2 Å². The number of aliphatic carboxylic acids is 1. The summed E-state index contributed by atoms with van der Waals surface area (Å²) in [6.45, 7) is 7.92. The Morgan fingerprint density at radius 3 is 1.50 bits per heavy atom. The van der Waals surface area contributed by atoms with Gasteiger partial charge in [0.1, 0.15) is 78.0 Å². The maximum absolute atomic E-state index is 15.5. The highest BCUT2D eigenvalue weighted by Crippen LogP contribution is 2.24. The van der Waals surface area contributed by atoms with E-state index in [1.165, 1.54) is 86.5 Å². The second-order valence-corrected chi connectivity index (χ2v) is 34.2. The van der Waals surface area contributed by atoms with Gasteiger partial charge in [0.2, 0.25) is 88.6 Å². The van der Waals surface area contributed by atoms with Crippen LogP contribution < -0.4 is 58.9 Å². The van der Waals surface area contributed by atoms with E-state index in [1.54, 1.807) is 150 Å². The first-order valence-corrected chi connectivity index (χ1v) is 43.8. The van der Waals surface area contributed by atoms with Crippen molar-refractivity contribution in [2.45, 2.75) is 179 Å². The maximum atomic E-state index is 15.5. The van der Waals surface area contributed by atoms with Crippen LogP contribution >= 0.6 is 11.8 Å². The first kappa shape index (κ1) is 101. The van der Waals surface area contributed by atoms with Crippen LogP contribution in [0, 0.1) is 18.8 Å². The molecule has 15 amide bonds. The summed E-state index contributed by atoms with van der Waals surface area (Å²) in [4.78, 5) is 242. The Hall–Kier alpha value is -13.7. The summed E-state index contributed by atoms with van der Waals surface area (Å²) in [5.41, 5.74) is 9.86. The Morgan fingerprint density at radius 1 is 0.481 bits per heavy atom. The van der Waals surface area contributed by atoms with Crippen molar-refractivity contribution in [3.8, 4) is 11.5 Å². The fraction of sp³-hybridized carbons (Fsp3) is 0.419. The molecule has 8 rings (SSSR count). The molecule has 1 saturated heterocycles. The van der Waals surface area contributed by atoms with Crippen LogP contribution in [0.25, 0.3) is 10.9 Å². The molecule has 0 spiro atoms. The molecule has 6 aromatic carbocycles. The zero-order valence-corrected chi connectivity index (χ0v) is 74.9. The lowest BCUT2D eigenvalue weighted by Gasteiger charge is -2.37. The molecule has 129 heavy (non-hydrogen) atoms. The summed E-state index contributed by atoms with van der Waals surface area (Å²) in [6, 6.07) is 25.6. The van der Waals surface area contributed by atoms with E-state index in [4.69, 9.17) is 5.73 Å². The summed E-state index contributed by atoms with van der Waals surface area (Å²) in [7, 11) is 5.25. The van der Waals surface area contributed by atoms with E-state index in [1.807, 2.05) is 6.92 Å². The largest absolute Gasteiger partial charge is 0.508 e. The molecule has 1 aliphatic rings. The van der Waals surface area contributed by atoms with Crippen LogP contribution in [0.15, 0.2) is 164 Å². The molecule has 35 nitrogen and oxygen atoms in total. The Bertz CT molecular complexity index is 5100. The van der Waals surface area contributed by atoms with E-state index in [0.717, 1.165) is 27.1 Å². The van der Waals surface area contributed by atoms with Crippen molar-refractivity contribution in [1.82, 2.24) is 77.8 Å². The number of likely N-dealkylation sites (N-methyl/N-ethyl adjacent to an activating group) is 4. The van der Waals surface area contributed by atoms with Crippen LogP contribution in [0.4, 0.5) is 0 Å². The third-order valence-electron chi connectivity index (χ3n) is 21.8. The monoisotopic (exact) mass is 1790 g/mol. The highest BCUT2D eigenvalue weighted by Gasteiger charge is 2.41. The van der Waals surface area contributed by atoms with Gasteiger partial charge in [0.05, 0.1) is 31.8 Å². The molecule has 1 aliphatic heterocycles. The number of benzene rings is 6. The number of nitrogens with one attached hydrogen (secondary N) is 11. The fourth-order valence-corrected chi connectivity index (χ4v) is 15.8. The van der Waals surface area contributed by atoms with Crippen molar-refractivity contribution in [3.63, 3.8) is 0 Å². The fourth-order valence-electron chi connectivity index (χ4n) is 14.9. The molecular weight excluding hydrogens is 1680 g/mol. The zero-order valence-electron chi connectivity index (χ0n) is 74.1. The smallest absolute Gasteiger partial charge is 0.305 e. The van der Waals surface area contributed by atoms with Crippen LogP contribution in [0.2, 0.25) is 0 Å². The molecule has 0 radical (unpaired) electrons. The van der Waals surface area contributed by atoms with Gasteiger partial charge in [-0.25, -0.2) is 0 Å². The number of carboxylic acids is 1. The topological polar surface area (TPSA) is 509 Å². The number of hydrogen-bond donors (Lipinski definition) is 15. The molecule has 11 atom stereocenters. The molecule has 2 heterocycles. The standard InChI is InChI=1S/C93H118N16O19S/c1-11-12-30-75-92(127)107(8)51-79(114)98-71(47-81(116)117)88(123)105-82(55(4)5)89(124)102-69(44-61-27-21-22-56(6)40-61)86(121)103-72(43-60-33-37-64(111)38-34-60)90(125)106(7)50-78(113)97-70(46-62-48-95-66-29-20-19-28-65(62)66)87(122)101-68(41-59-31-35-63(110)36-32-59)85(120)100-67(39-54(2)3)84(119)104-74(83(118)96-49-77(94)112)52-129-53-80(115)99-73(42-57-23-15-13-16-24-57)91(126)109(10)76(93(128)108(75)9)45-58-25-17-14-18-26-58/h13-29,31-38,40,48,54-55,67-76,82,95,110-111H,11-12,30,39,41-47,49-53H2,1-10H3,(H2,94,112)(H,96,118)(H,97,113)(H,98,114)(H,99,115)(H,100,120)(H,101,122)(H,102,124)(H,103,121)(H,104,119)(H,105,123)(H,116,117)/t67-,68?,69-,70-,71-,72-,73-,74-,75-,76-,82-/m0/s1. The van der Waals surface area contributed by atoms with Gasteiger partial charge in [-0.1, -0.05) is 180 Å². The van der Waals surface area contributed by atoms with E-state index in [0.29, 0.717) is 57.1 Å². The lowest BCUT2D eigenvalue weighted by Crippen LogP contribution is -2.61. The number of nitrogens with two attached hydrogens (primary N) is 1. The molecule has 0 saturated carbocycles. The van der Waals surface area contributed by atoms with Crippen LogP contribution in [-0.2, 0) is 115 Å². The number of primary amides is 1. The number of unbranched alkanes of at least 4 members (excludes halogenated alkanes) is 1. The quantitative estimate of drug-likeness (QED) is 0.0437. The number of H-pyrrole nitrogens is 1. The Kier molecular flexibility index (Phi) is 38.2. The summed E-state index contributed by atoms with van der Waals surface area (Å²) < 4.78 is 0. The molecule has 690 valence electrons. The first-order valence-electron chi connectivity index (χ1n) is 42.7. The number of amides is 15. The number of hydrogen-bond acceptors (Lipinski definition) is 19. The van der Waals surface area contributed by atoms with Crippen molar-refractivity contribution in [3.05, 3.63) is 203 Å². The Morgan fingerprint density at radius 2 is 0.946 bits per heavy atom. The van der Waals surface area contributed by atoms with E-state index >= 15 is 28.8 Å². The molecule has 0 bridgehead atoms. The highest BCUT2D eigenvalue weighted by molar-refractivity contribution is 8.00. The number of nitrogens with zero attached hydrogens (tertiary/aromatic N) is 4. The predicted molar refractivity (Wildman–Crippen MR) is 482 cm³/mol. The van der Waals surface area contributed by atoms with Crippen molar-refractivity contribution >= 4 is 117 Å². The number of aromatic hydroxyl groups is 2. The molecule has 1 aromatic heterocycles. The van der Waals surface area contributed by atoms with Crippen LogP contribution in [-0.4, -0.2) is 260 Å². The number of fused-ring (bicyclic) bond motifs is 1. The number of phenolic OH excluding ortho intramolecular Hbond substituents is 2. The summed E-state index contributed by atoms with van der Waals surface area (Å²) in [5.74, 6) is -17.6. The number of rotatable bonds is 23. The van der Waals surface area contributed by atoms with Gasteiger partial charge in [0, 0.05) is 89.6 Å². The minimum Gasteiger partial charge on any atom is -0.508 e. The number of thioether (sulfide) groups is 1. The number of carbonyl (C=O) groups excluding carboxylic acids is 15. The minimum atomic E-state index is -1.91. The molecule has 0 aliphatic carbocycles. The highest BCUT2D eigenvalue weighted by atomic mass is 32.2. The molecule has 16 N–H and O–H groups in total. The maximum Gasteiger partial charge on any atom is 0.305 e. The van der Waals surface area contributed by atoms with Gasteiger partial charge in [0.15, 0.2) is 0 Å². The normalized spacial score (nSPS) is 21.8. The molecular formula is C93H118N16O19S. The summed E-state index contributed by atoms with van der Waals surface area (Å²) in [6.07, 6.45) is 0.0550. The third kappa shape index (κ3) is 31.1. The lowest BCUT2D eigenvalue weighted by atomic mass is 9.99. The van der Waals surface area contributed by atoms with Gasteiger partial charge in [-0.15, -0.1) is 11.8 Å². The van der Waals surface area contributed by atoms with Gasteiger partial charge < -0.3 is 98.8 Å². The number of aromatic amines is 1. The van der Waals surface area contributed by atoms with E-state index in [9.17, 15) is 63.3 Å². The van der Waals surface area contributed by atoms with Crippen LogP contribution in [0.3, 0.4) is 0 Å². The second kappa shape index (κ2) is 48.9. The van der Waals surface area contributed by atoms with Gasteiger partial charge in [-0.3, -0.25) is 76.7 Å².